The molecule has 112 valence electrons. The van der Waals surface area contributed by atoms with Gasteiger partial charge in [-0.1, -0.05) is 19.3 Å². The van der Waals surface area contributed by atoms with E-state index in [1.165, 1.54) is 0 Å². The van der Waals surface area contributed by atoms with Crippen molar-refractivity contribution >= 4 is 17.8 Å². The zero-order valence-corrected chi connectivity index (χ0v) is 11.6. The maximum atomic E-state index is 12.0. The predicted octanol–water partition coefficient (Wildman–Crippen LogP) is 0.806. The van der Waals surface area contributed by atoms with Crippen molar-refractivity contribution in [3.8, 4) is 0 Å². The Balaban J connectivity index is 1.82. The Bertz CT molecular complexity index is 402. The van der Waals surface area contributed by atoms with Crippen LogP contribution in [-0.2, 0) is 14.4 Å². The molecule has 0 aromatic rings. The molecule has 0 aromatic heterocycles. The number of aliphatic carboxylic acids is 1. The van der Waals surface area contributed by atoms with Crippen molar-refractivity contribution in [3.05, 3.63) is 0 Å². The third kappa shape index (κ3) is 3.49. The lowest BCUT2D eigenvalue weighted by Crippen LogP contribution is -2.42. The summed E-state index contributed by atoms with van der Waals surface area (Å²) in [6, 6.07) is -0.0152. The van der Waals surface area contributed by atoms with Crippen molar-refractivity contribution in [2.24, 2.45) is 5.41 Å². The zero-order valence-electron chi connectivity index (χ0n) is 11.6. The van der Waals surface area contributed by atoms with Crippen LogP contribution in [-0.4, -0.2) is 35.5 Å². The van der Waals surface area contributed by atoms with Crippen molar-refractivity contribution in [3.63, 3.8) is 0 Å². The highest BCUT2D eigenvalue weighted by molar-refractivity contribution is 5.85. The average Bonchev–Trinajstić information content (AvgIpc) is 2.83. The molecule has 0 spiro atoms. The molecule has 1 heterocycles. The second kappa shape index (κ2) is 6.24. The Kier molecular flexibility index (Phi) is 4.62. The first kappa shape index (κ1) is 14.8. The predicted molar refractivity (Wildman–Crippen MR) is 71.9 cm³/mol. The van der Waals surface area contributed by atoms with Gasteiger partial charge in [-0.3, -0.25) is 14.4 Å². The van der Waals surface area contributed by atoms with Gasteiger partial charge in [0, 0.05) is 25.4 Å². The van der Waals surface area contributed by atoms with E-state index in [2.05, 4.69) is 10.6 Å². The monoisotopic (exact) mass is 282 g/mol. The number of rotatable bonds is 5. The number of carboxylic acid groups (broad SMARTS) is 1. The molecule has 1 aliphatic carbocycles. The molecule has 2 amide bonds. The van der Waals surface area contributed by atoms with Crippen LogP contribution < -0.4 is 10.6 Å². The standard InChI is InChI=1S/C14H22N2O4/c17-11-5-4-10(16-11)9-15-12(18)8-14(13(19)20)6-2-1-3-7-14/h10H,1-9H2,(H,15,18)(H,16,17)(H,19,20). The maximum Gasteiger partial charge on any atom is 0.310 e. The van der Waals surface area contributed by atoms with Gasteiger partial charge in [0.2, 0.25) is 11.8 Å². The van der Waals surface area contributed by atoms with Crippen molar-refractivity contribution in [1.29, 1.82) is 0 Å². The lowest BCUT2D eigenvalue weighted by Gasteiger charge is -2.32. The molecule has 2 fully saturated rings. The van der Waals surface area contributed by atoms with Gasteiger partial charge in [-0.2, -0.15) is 0 Å². The van der Waals surface area contributed by atoms with Crippen LogP contribution >= 0.6 is 0 Å². The summed E-state index contributed by atoms with van der Waals surface area (Å²) >= 11 is 0. The molecule has 0 radical (unpaired) electrons. The molecular weight excluding hydrogens is 260 g/mol. The second-order valence-corrected chi connectivity index (χ2v) is 5.93. The summed E-state index contributed by atoms with van der Waals surface area (Å²) in [4.78, 5) is 34.5. The molecule has 3 N–H and O–H groups in total. The lowest BCUT2D eigenvalue weighted by atomic mass is 9.71. The summed E-state index contributed by atoms with van der Waals surface area (Å²) in [6.07, 6.45) is 5.22. The summed E-state index contributed by atoms with van der Waals surface area (Å²) in [7, 11) is 0. The van der Waals surface area contributed by atoms with Crippen molar-refractivity contribution in [2.75, 3.05) is 6.54 Å². The lowest BCUT2D eigenvalue weighted by molar-refractivity contribution is -0.154. The van der Waals surface area contributed by atoms with E-state index in [9.17, 15) is 19.5 Å². The zero-order chi connectivity index (χ0) is 14.6. The number of hydrogen-bond donors (Lipinski definition) is 3. The minimum absolute atomic E-state index is 0.0125. The van der Waals surface area contributed by atoms with Gasteiger partial charge < -0.3 is 15.7 Å². The molecule has 2 rings (SSSR count). The van der Waals surface area contributed by atoms with Crippen LogP contribution in [0.2, 0.25) is 0 Å². The SMILES string of the molecule is O=C(CC1(C(=O)O)CCCCC1)NCC1CCC(=O)N1. The fraction of sp³-hybridized carbons (Fsp3) is 0.786. The highest BCUT2D eigenvalue weighted by atomic mass is 16.4. The first-order chi connectivity index (χ1) is 9.52. The van der Waals surface area contributed by atoms with Gasteiger partial charge in [0.1, 0.15) is 0 Å². The van der Waals surface area contributed by atoms with Crippen LogP contribution in [0.25, 0.3) is 0 Å². The van der Waals surface area contributed by atoms with E-state index in [1.54, 1.807) is 0 Å². The Labute approximate surface area is 118 Å². The van der Waals surface area contributed by atoms with E-state index >= 15 is 0 Å². The molecule has 1 aliphatic heterocycles. The van der Waals surface area contributed by atoms with Crippen molar-refractivity contribution < 1.29 is 19.5 Å². The summed E-state index contributed by atoms with van der Waals surface area (Å²) < 4.78 is 0. The van der Waals surface area contributed by atoms with Crippen LogP contribution in [0.4, 0.5) is 0 Å². The number of amides is 2. The number of carboxylic acids is 1. The smallest absolute Gasteiger partial charge is 0.310 e. The molecule has 6 nitrogen and oxygen atoms in total. The fourth-order valence-electron chi connectivity index (χ4n) is 3.13. The molecule has 1 atom stereocenters. The van der Waals surface area contributed by atoms with Crippen LogP contribution in [0.5, 0.6) is 0 Å². The quantitative estimate of drug-likeness (QED) is 0.695. The highest BCUT2D eigenvalue weighted by Crippen LogP contribution is 2.39. The van der Waals surface area contributed by atoms with Crippen molar-refractivity contribution in [1.82, 2.24) is 10.6 Å². The van der Waals surface area contributed by atoms with Gasteiger partial charge in [-0.25, -0.2) is 0 Å². The summed E-state index contributed by atoms with van der Waals surface area (Å²) in [5.74, 6) is -1.07. The first-order valence-electron chi connectivity index (χ1n) is 7.31. The fourth-order valence-corrected chi connectivity index (χ4v) is 3.13. The minimum Gasteiger partial charge on any atom is -0.481 e. The molecule has 20 heavy (non-hydrogen) atoms. The molecule has 1 saturated carbocycles. The first-order valence-corrected chi connectivity index (χ1v) is 7.31. The highest BCUT2D eigenvalue weighted by Gasteiger charge is 2.41. The van der Waals surface area contributed by atoms with Gasteiger partial charge >= 0.3 is 5.97 Å². The number of hydrogen-bond acceptors (Lipinski definition) is 3. The summed E-state index contributed by atoms with van der Waals surface area (Å²) in [5.41, 5.74) is -0.888. The molecule has 1 unspecified atom stereocenters. The van der Waals surface area contributed by atoms with Gasteiger partial charge in [-0.05, 0) is 19.3 Å². The molecule has 0 bridgehead atoms. The molecular formula is C14H22N2O4. The molecule has 0 aromatic carbocycles. The van der Waals surface area contributed by atoms with Gasteiger partial charge in [-0.15, -0.1) is 0 Å². The van der Waals surface area contributed by atoms with Crippen LogP contribution in [0.3, 0.4) is 0 Å². The van der Waals surface area contributed by atoms with E-state index in [0.29, 0.717) is 25.8 Å². The number of carbonyl (C=O) groups is 3. The second-order valence-electron chi connectivity index (χ2n) is 5.93. The third-order valence-corrected chi connectivity index (χ3v) is 4.39. The average molecular weight is 282 g/mol. The Morgan fingerprint density at radius 3 is 2.55 bits per heavy atom. The molecule has 1 saturated heterocycles. The Morgan fingerprint density at radius 1 is 1.30 bits per heavy atom. The van der Waals surface area contributed by atoms with E-state index in [4.69, 9.17) is 0 Å². The van der Waals surface area contributed by atoms with E-state index < -0.39 is 11.4 Å². The van der Waals surface area contributed by atoms with Crippen LogP contribution in [0, 0.1) is 5.41 Å². The molecule has 6 heteroatoms. The Morgan fingerprint density at radius 2 is 2.00 bits per heavy atom. The Hall–Kier alpha value is -1.59. The number of nitrogens with one attached hydrogen (secondary N) is 2. The minimum atomic E-state index is -0.888. The van der Waals surface area contributed by atoms with E-state index in [1.807, 2.05) is 0 Å². The normalized spacial score (nSPS) is 25.0. The van der Waals surface area contributed by atoms with Gasteiger partial charge in [0.15, 0.2) is 0 Å². The van der Waals surface area contributed by atoms with Gasteiger partial charge in [0.05, 0.1) is 5.41 Å². The topological polar surface area (TPSA) is 95.5 Å². The van der Waals surface area contributed by atoms with Gasteiger partial charge in [0.25, 0.3) is 0 Å². The third-order valence-electron chi connectivity index (χ3n) is 4.39. The van der Waals surface area contributed by atoms with Crippen LogP contribution in [0.15, 0.2) is 0 Å². The van der Waals surface area contributed by atoms with Crippen LogP contribution in [0.1, 0.15) is 51.4 Å². The number of carbonyl (C=O) groups excluding carboxylic acids is 2. The summed E-state index contributed by atoms with van der Waals surface area (Å²) in [6.45, 7) is 0.389. The largest absolute Gasteiger partial charge is 0.481 e. The van der Waals surface area contributed by atoms with Crippen molar-refractivity contribution in [2.45, 2.75) is 57.4 Å². The van der Waals surface area contributed by atoms with E-state index in [0.717, 1.165) is 25.7 Å². The van der Waals surface area contributed by atoms with E-state index in [-0.39, 0.29) is 24.3 Å². The maximum absolute atomic E-state index is 12.0. The summed E-state index contributed by atoms with van der Waals surface area (Å²) in [5, 5.41) is 14.9. The molecule has 2 aliphatic rings.